The molecule has 2 atom stereocenters. The molecule has 0 spiro atoms. The van der Waals surface area contributed by atoms with Crippen molar-refractivity contribution < 1.29 is 13.2 Å². The number of halogens is 3. The fourth-order valence-corrected chi connectivity index (χ4v) is 2.65. The van der Waals surface area contributed by atoms with Gasteiger partial charge in [0.15, 0.2) is 0 Å². The maximum Gasteiger partial charge on any atom is 0.133 e. The summed E-state index contributed by atoms with van der Waals surface area (Å²) >= 11 is 0. The van der Waals surface area contributed by atoms with Gasteiger partial charge in [-0.15, -0.1) is 0 Å². The minimum atomic E-state index is -0.874. The van der Waals surface area contributed by atoms with Crippen molar-refractivity contribution in [3.63, 3.8) is 0 Å². The highest BCUT2D eigenvalue weighted by molar-refractivity contribution is 5.25. The van der Waals surface area contributed by atoms with Crippen LogP contribution in [0, 0.1) is 23.4 Å². The number of hydrogen-bond acceptors (Lipinski definition) is 1. The third-order valence-corrected chi connectivity index (χ3v) is 3.70. The minimum Gasteiger partial charge on any atom is -0.310 e. The van der Waals surface area contributed by atoms with Crippen molar-refractivity contribution in [2.45, 2.75) is 52.5 Å². The van der Waals surface area contributed by atoms with E-state index in [-0.39, 0.29) is 11.5 Å². The molecule has 0 radical (unpaired) electrons. The Morgan fingerprint density at radius 1 is 1.05 bits per heavy atom. The maximum absolute atomic E-state index is 14.0. The molecule has 0 aromatic heterocycles. The minimum absolute atomic E-state index is 0.0313. The average Bonchev–Trinajstić information content (AvgIpc) is 2.38. The van der Waals surface area contributed by atoms with Gasteiger partial charge in [-0.3, -0.25) is 0 Å². The van der Waals surface area contributed by atoms with Gasteiger partial charge in [0.05, 0.1) is 0 Å². The van der Waals surface area contributed by atoms with Crippen LogP contribution in [0.1, 0.15) is 58.1 Å². The first-order valence-corrected chi connectivity index (χ1v) is 7.42. The molecule has 0 heterocycles. The lowest BCUT2D eigenvalue weighted by Crippen LogP contribution is -2.30. The molecule has 0 aliphatic carbocycles. The van der Waals surface area contributed by atoms with Crippen LogP contribution in [0.3, 0.4) is 0 Å². The molecule has 1 aromatic carbocycles. The van der Waals surface area contributed by atoms with Gasteiger partial charge in [-0.2, -0.15) is 0 Å². The van der Waals surface area contributed by atoms with Crippen LogP contribution in [-0.4, -0.2) is 6.54 Å². The Morgan fingerprint density at radius 3 is 2.10 bits per heavy atom. The first-order valence-electron chi connectivity index (χ1n) is 7.42. The third kappa shape index (κ3) is 4.23. The molecule has 0 fully saturated rings. The van der Waals surface area contributed by atoms with Gasteiger partial charge >= 0.3 is 0 Å². The summed E-state index contributed by atoms with van der Waals surface area (Å²) in [5.74, 6) is -2.34. The third-order valence-electron chi connectivity index (χ3n) is 3.70. The van der Waals surface area contributed by atoms with E-state index in [0.717, 1.165) is 37.8 Å². The van der Waals surface area contributed by atoms with Gasteiger partial charge in [-0.05, 0) is 18.9 Å². The fraction of sp³-hybridized carbons (Fsp3) is 0.625. The van der Waals surface area contributed by atoms with Crippen LogP contribution in [0.25, 0.3) is 0 Å². The van der Waals surface area contributed by atoms with E-state index in [1.54, 1.807) is 0 Å². The van der Waals surface area contributed by atoms with E-state index < -0.39 is 23.5 Å². The lowest BCUT2D eigenvalue weighted by Gasteiger charge is -2.28. The lowest BCUT2D eigenvalue weighted by molar-refractivity contribution is 0.310. The van der Waals surface area contributed by atoms with Crippen molar-refractivity contribution in [2.75, 3.05) is 6.54 Å². The molecule has 114 valence electrons. The smallest absolute Gasteiger partial charge is 0.133 e. The second-order valence-corrected chi connectivity index (χ2v) is 5.13. The Balaban J connectivity index is 3.11. The van der Waals surface area contributed by atoms with Gasteiger partial charge in [0.1, 0.15) is 17.5 Å². The van der Waals surface area contributed by atoms with Gasteiger partial charge in [0, 0.05) is 23.7 Å². The molecule has 0 saturated heterocycles. The predicted octanol–water partition coefficient (Wildman–Crippen LogP) is 4.97. The van der Waals surface area contributed by atoms with Crippen LogP contribution in [0.2, 0.25) is 0 Å². The highest BCUT2D eigenvalue weighted by Gasteiger charge is 2.27. The predicted molar refractivity (Wildman–Crippen MR) is 76.0 cm³/mol. The van der Waals surface area contributed by atoms with Gasteiger partial charge in [0.25, 0.3) is 0 Å². The number of benzene rings is 1. The first kappa shape index (κ1) is 17.0. The molecular formula is C16H24F3N. The molecule has 0 aliphatic rings. The van der Waals surface area contributed by atoms with Crippen molar-refractivity contribution in [1.29, 1.82) is 0 Å². The standard InChI is InChI=1S/C16H24F3N/c1-4-7-8-11(5-2)16(20-6-3)15-13(18)9-12(17)10-14(15)19/h9-11,16,20H,4-8H2,1-3H3. The molecular weight excluding hydrogens is 263 g/mol. The number of unbranched alkanes of at least 4 members (excludes halogenated alkanes) is 1. The summed E-state index contributed by atoms with van der Waals surface area (Å²) in [6.45, 7) is 6.63. The summed E-state index contributed by atoms with van der Waals surface area (Å²) in [4.78, 5) is 0. The molecule has 1 rings (SSSR count). The monoisotopic (exact) mass is 287 g/mol. The van der Waals surface area contributed by atoms with Crippen LogP contribution in [0.15, 0.2) is 12.1 Å². The second kappa shape index (κ2) is 8.30. The summed E-state index contributed by atoms with van der Waals surface area (Å²) in [6, 6.07) is 1.11. The Kier molecular flexibility index (Phi) is 7.06. The summed E-state index contributed by atoms with van der Waals surface area (Å²) < 4.78 is 41.0. The molecule has 0 bridgehead atoms. The second-order valence-electron chi connectivity index (χ2n) is 5.13. The normalized spacial score (nSPS) is 14.3. The van der Waals surface area contributed by atoms with Crippen LogP contribution < -0.4 is 5.32 Å². The summed E-state index contributed by atoms with van der Waals surface area (Å²) in [5.41, 5.74) is -0.0313. The average molecular weight is 287 g/mol. The van der Waals surface area contributed by atoms with Crippen molar-refractivity contribution >= 4 is 0 Å². The Hall–Kier alpha value is -1.03. The van der Waals surface area contributed by atoms with E-state index in [0.29, 0.717) is 6.54 Å². The molecule has 1 aromatic rings. The fourth-order valence-electron chi connectivity index (χ4n) is 2.65. The zero-order valence-electron chi connectivity index (χ0n) is 12.5. The Bertz CT molecular complexity index is 397. The Labute approximate surface area is 119 Å². The molecule has 0 amide bonds. The molecule has 1 nitrogen and oxygen atoms in total. The van der Waals surface area contributed by atoms with E-state index >= 15 is 0 Å². The molecule has 0 aliphatic heterocycles. The molecule has 4 heteroatoms. The van der Waals surface area contributed by atoms with Crippen LogP contribution in [0.4, 0.5) is 13.2 Å². The highest BCUT2D eigenvalue weighted by Crippen LogP contribution is 2.32. The number of rotatable bonds is 8. The molecule has 1 N–H and O–H groups in total. The zero-order chi connectivity index (χ0) is 15.1. The summed E-state index contributed by atoms with van der Waals surface area (Å²) in [6.07, 6.45) is 3.80. The number of hydrogen-bond donors (Lipinski definition) is 1. The van der Waals surface area contributed by atoms with E-state index in [1.807, 2.05) is 13.8 Å². The Morgan fingerprint density at radius 2 is 1.65 bits per heavy atom. The van der Waals surface area contributed by atoms with Crippen LogP contribution in [0.5, 0.6) is 0 Å². The van der Waals surface area contributed by atoms with Crippen molar-refractivity contribution in [3.05, 3.63) is 35.1 Å². The topological polar surface area (TPSA) is 12.0 Å². The van der Waals surface area contributed by atoms with Gasteiger partial charge in [0.2, 0.25) is 0 Å². The van der Waals surface area contributed by atoms with Gasteiger partial charge in [-0.25, -0.2) is 13.2 Å². The van der Waals surface area contributed by atoms with Crippen molar-refractivity contribution in [3.8, 4) is 0 Å². The summed E-state index contributed by atoms with van der Waals surface area (Å²) in [5, 5.41) is 3.16. The lowest BCUT2D eigenvalue weighted by atomic mass is 9.86. The maximum atomic E-state index is 14.0. The highest BCUT2D eigenvalue weighted by atomic mass is 19.1. The molecule has 0 saturated carbocycles. The van der Waals surface area contributed by atoms with Crippen LogP contribution in [-0.2, 0) is 0 Å². The van der Waals surface area contributed by atoms with Gasteiger partial charge in [-0.1, -0.05) is 40.0 Å². The van der Waals surface area contributed by atoms with Crippen molar-refractivity contribution in [1.82, 2.24) is 5.32 Å². The molecule has 2 unspecified atom stereocenters. The van der Waals surface area contributed by atoms with Crippen molar-refractivity contribution in [2.24, 2.45) is 5.92 Å². The summed E-state index contributed by atoms with van der Waals surface area (Å²) in [7, 11) is 0. The zero-order valence-corrected chi connectivity index (χ0v) is 12.5. The van der Waals surface area contributed by atoms with E-state index in [9.17, 15) is 13.2 Å². The van der Waals surface area contributed by atoms with Gasteiger partial charge < -0.3 is 5.32 Å². The first-order chi connectivity index (χ1) is 9.54. The van der Waals surface area contributed by atoms with E-state index in [1.165, 1.54) is 0 Å². The quantitative estimate of drug-likeness (QED) is 0.711. The number of nitrogens with one attached hydrogen (secondary N) is 1. The molecule has 20 heavy (non-hydrogen) atoms. The SMILES string of the molecule is CCCCC(CC)C(NCC)c1c(F)cc(F)cc1F. The van der Waals surface area contributed by atoms with E-state index in [2.05, 4.69) is 12.2 Å². The van der Waals surface area contributed by atoms with Crippen LogP contribution >= 0.6 is 0 Å². The van der Waals surface area contributed by atoms with E-state index in [4.69, 9.17) is 0 Å². The largest absolute Gasteiger partial charge is 0.310 e.